The van der Waals surface area contributed by atoms with E-state index in [0.29, 0.717) is 11.8 Å². The molecule has 0 saturated heterocycles. The molecule has 4 atom stereocenters. The van der Waals surface area contributed by atoms with E-state index in [9.17, 15) is 14.4 Å². The SMILES string of the molecule is C=C1CCC2C(C)(C(=O)OC)CCCC2(C)C1CCC(C)=CCOC(=O)CCC(=O)OC. The standard InChI is InChI=1S/C26H40O6/c1-18(14-17-32-23(28)13-12-22(27)30-5)8-10-20-19(2)9-11-21-25(20,3)15-7-16-26(21,4)24(29)31-6/h14,20-21H,2,7-13,15-17H2,1,3-6H3. The minimum atomic E-state index is -0.427. The van der Waals surface area contributed by atoms with Crippen LogP contribution in [0.25, 0.3) is 0 Å². The molecule has 0 bridgehead atoms. The van der Waals surface area contributed by atoms with Crippen LogP contribution in [0, 0.1) is 22.7 Å². The Kier molecular flexibility index (Phi) is 9.11. The Bertz CT molecular complexity index is 753. The maximum absolute atomic E-state index is 12.7. The molecule has 6 heteroatoms. The molecular formula is C26H40O6. The number of hydrogen-bond donors (Lipinski definition) is 0. The van der Waals surface area contributed by atoms with Gasteiger partial charge in [-0.25, -0.2) is 0 Å². The largest absolute Gasteiger partial charge is 0.469 e. The van der Waals surface area contributed by atoms with Gasteiger partial charge in [-0.3, -0.25) is 14.4 Å². The van der Waals surface area contributed by atoms with Crippen LogP contribution in [-0.2, 0) is 28.6 Å². The van der Waals surface area contributed by atoms with E-state index in [-0.39, 0.29) is 30.8 Å². The highest BCUT2D eigenvalue weighted by Crippen LogP contribution is 2.62. The zero-order chi connectivity index (χ0) is 23.9. The fourth-order valence-electron chi connectivity index (χ4n) is 6.09. The molecule has 0 radical (unpaired) electrons. The maximum atomic E-state index is 12.7. The van der Waals surface area contributed by atoms with Crippen molar-refractivity contribution >= 4 is 17.9 Å². The van der Waals surface area contributed by atoms with Crippen molar-refractivity contribution in [3.63, 3.8) is 0 Å². The van der Waals surface area contributed by atoms with Gasteiger partial charge >= 0.3 is 17.9 Å². The zero-order valence-corrected chi connectivity index (χ0v) is 20.5. The van der Waals surface area contributed by atoms with E-state index < -0.39 is 17.4 Å². The van der Waals surface area contributed by atoms with Crippen molar-refractivity contribution in [2.75, 3.05) is 20.8 Å². The van der Waals surface area contributed by atoms with Crippen LogP contribution in [0.5, 0.6) is 0 Å². The van der Waals surface area contributed by atoms with Crippen molar-refractivity contribution in [2.24, 2.45) is 22.7 Å². The quantitative estimate of drug-likeness (QED) is 0.275. The average molecular weight is 449 g/mol. The van der Waals surface area contributed by atoms with Gasteiger partial charge in [0.25, 0.3) is 0 Å². The van der Waals surface area contributed by atoms with E-state index in [2.05, 4.69) is 25.2 Å². The van der Waals surface area contributed by atoms with Crippen LogP contribution in [0.1, 0.15) is 78.6 Å². The van der Waals surface area contributed by atoms with Gasteiger partial charge in [0.1, 0.15) is 6.61 Å². The van der Waals surface area contributed by atoms with Gasteiger partial charge < -0.3 is 14.2 Å². The molecule has 2 rings (SSSR count). The Morgan fingerprint density at radius 2 is 1.75 bits per heavy atom. The maximum Gasteiger partial charge on any atom is 0.311 e. The predicted molar refractivity (Wildman–Crippen MR) is 123 cm³/mol. The summed E-state index contributed by atoms with van der Waals surface area (Å²) in [4.78, 5) is 35.5. The molecule has 0 aromatic carbocycles. The summed E-state index contributed by atoms with van der Waals surface area (Å²) in [6.45, 7) is 11.1. The lowest BCUT2D eigenvalue weighted by atomic mass is 9.46. The summed E-state index contributed by atoms with van der Waals surface area (Å²) in [5.74, 6) is -0.244. The summed E-state index contributed by atoms with van der Waals surface area (Å²) < 4.78 is 14.9. The topological polar surface area (TPSA) is 78.9 Å². The minimum absolute atomic E-state index is 0.0279. The molecule has 2 aliphatic rings. The van der Waals surface area contributed by atoms with Crippen molar-refractivity contribution in [3.8, 4) is 0 Å². The predicted octanol–water partition coefficient (Wildman–Crippen LogP) is 5.16. The third-order valence-electron chi connectivity index (χ3n) is 7.94. The molecule has 2 aliphatic carbocycles. The van der Waals surface area contributed by atoms with E-state index >= 15 is 0 Å². The Hall–Kier alpha value is -2.11. The van der Waals surface area contributed by atoms with Gasteiger partial charge in [-0.15, -0.1) is 0 Å². The second-order valence-corrected chi connectivity index (χ2v) is 9.92. The van der Waals surface area contributed by atoms with Gasteiger partial charge in [0.2, 0.25) is 0 Å². The first-order valence-electron chi connectivity index (χ1n) is 11.7. The van der Waals surface area contributed by atoms with Crippen molar-refractivity contribution in [1.29, 1.82) is 0 Å². The third kappa shape index (κ3) is 5.81. The van der Waals surface area contributed by atoms with Crippen molar-refractivity contribution in [1.82, 2.24) is 0 Å². The third-order valence-corrected chi connectivity index (χ3v) is 7.94. The van der Waals surface area contributed by atoms with Crippen LogP contribution in [-0.4, -0.2) is 38.7 Å². The van der Waals surface area contributed by atoms with Crippen molar-refractivity contribution in [3.05, 3.63) is 23.8 Å². The number of fused-ring (bicyclic) bond motifs is 1. The molecule has 0 heterocycles. The van der Waals surface area contributed by atoms with Gasteiger partial charge in [0, 0.05) is 0 Å². The number of esters is 3. The monoisotopic (exact) mass is 448 g/mol. The molecule has 0 aliphatic heterocycles. The number of hydrogen-bond acceptors (Lipinski definition) is 6. The van der Waals surface area contributed by atoms with Crippen LogP contribution < -0.4 is 0 Å². The zero-order valence-electron chi connectivity index (χ0n) is 20.5. The number of methoxy groups -OCH3 is 2. The second-order valence-electron chi connectivity index (χ2n) is 9.92. The highest BCUT2D eigenvalue weighted by molar-refractivity contribution is 5.77. The van der Waals surface area contributed by atoms with E-state index in [1.807, 2.05) is 13.0 Å². The molecular weight excluding hydrogens is 408 g/mol. The van der Waals surface area contributed by atoms with Crippen molar-refractivity contribution < 1.29 is 28.6 Å². The van der Waals surface area contributed by atoms with Crippen LogP contribution in [0.3, 0.4) is 0 Å². The Morgan fingerprint density at radius 3 is 2.41 bits per heavy atom. The average Bonchev–Trinajstić information content (AvgIpc) is 2.76. The van der Waals surface area contributed by atoms with Crippen LogP contribution in [0.2, 0.25) is 0 Å². The molecule has 0 aromatic rings. The second kappa shape index (κ2) is 11.2. The molecule has 2 saturated carbocycles. The highest BCUT2D eigenvalue weighted by atomic mass is 16.5. The molecule has 32 heavy (non-hydrogen) atoms. The molecule has 0 N–H and O–H groups in total. The van der Waals surface area contributed by atoms with Gasteiger partial charge in [-0.2, -0.15) is 0 Å². The van der Waals surface area contributed by atoms with Gasteiger partial charge in [-0.05, 0) is 75.7 Å². The van der Waals surface area contributed by atoms with E-state index in [1.54, 1.807) is 0 Å². The summed E-state index contributed by atoms with van der Waals surface area (Å²) in [7, 11) is 2.79. The molecule has 0 spiro atoms. The van der Waals surface area contributed by atoms with Gasteiger partial charge in [0.05, 0.1) is 32.5 Å². The van der Waals surface area contributed by atoms with Crippen LogP contribution >= 0.6 is 0 Å². The number of rotatable bonds is 9. The summed E-state index contributed by atoms with van der Waals surface area (Å²) in [5, 5.41) is 0. The summed E-state index contributed by atoms with van der Waals surface area (Å²) in [6.07, 6.45) is 8.83. The number of allylic oxidation sites excluding steroid dienone is 2. The van der Waals surface area contributed by atoms with E-state index in [4.69, 9.17) is 9.47 Å². The minimum Gasteiger partial charge on any atom is -0.469 e. The lowest BCUT2D eigenvalue weighted by molar-refractivity contribution is -0.168. The first-order chi connectivity index (χ1) is 15.1. The lowest BCUT2D eigenvalue weighted by Gasteiger charge is -2.57. The molecule has 4 unspecified atom stereocenters. The van der Waals surface area contributed by atoms with Crippen LogP contribution in [0.15, 0.2) is 23.8 Å². The molecule has 0 aromatic heterocycles. The lowest BCUT2D eigenvalue weighted by Crippen LogP contribution is -2.53. The van der Waals surface area contributed by atoms with E-state index in [0.717, 1.165) is 50.5 Å². The molecule has 6 nitrogen and oxygen atoms in total. The Balaban J connectivity index is 1.97. The van der Waals surface area contributed by atoms with Crippen molar-refractivity contribution in [2.45, 2.75) is 78.6 Å². The molecule has 180 valence electrons. The number of carbonyl (C=O) groups is 3. The molecule has 2 fully saturated rings. The Morgan fingerprint density at radius 1 is 1.06 bits per heavy atom. The summed E-state index contributed by atoms with van der Waals surface area (Å²) >= 11 is 0. The number of carbonyl (C=O) groups excluding carboxylic acids is 3. The fraction of sp³-hybridized carbons (Fsp3) is 0.731. The highest BCUT2D eigenvalue weighted by Gasteiger charge is 2.57. The Labute approximate surface area is 192 Å². The molecule has 0 amide bonds. The van der Waals surface area contributed by atoms with Gasteiger partial charge in [0.15, 0.2) is 0 Å². The number of ether oxygens (including phenoxy) is 3. The smallest absolute Gasteiger partial charge is 0.311 e. The van der Waals surface area contributed by atoms with Gasteiger partial charge in [-0.1, -0.05) is 31.1 Å². The first-order valence-corrected chi connectivity index (χ1v) is 11.7. The van der Waals surface area contributed by atoms with E-state index in [1.165, 1.54) is 19.8 Å². The first kappa shape index (κ1) is 26.1. The normalized spacial score (nSPS) is 30.3. The summed E-state index contributed by atoms with van der Waals surface area (Å²) in [6, 6.07) is 0. The summed E-state index contributed by atoms with van der Waals surface area (Å²) in [5.41, 5.74) is 2.07. The fourth-order valence-corrected chi connectivity index (χ4v) is 6.09. The van der Waals surface area contributed by atoms with Crippen LogP contribution in [0.4, 0.5) is 0 Å².